The second-order valence-corrected chi connectivity index (χ2v) is 3.15. The predicted molar refractivity (Wildman–Crippen MR) is 50.9 cm³/mol. The van der Waals surface area contributed by atoms with Crippen LogP contribution in [0.4, 0.5) is 5.69 Å². The summed E-state index contributed by atoms with van der Waals surface area (Å²) in [5, 5.41) is 11.5. The van der Waals surface area contributed by atoms with Crippen LogP contribution in [-0.4, -0.2) is 10.4 Å². The summed E-state index contributed by atoms with van der Waals surface area (Å²) in [5.74, 6) is 0.111. The maximum Gasteiger partial charge on any atom is 0.176 e. The van der Waals surface area contributed by atoms with Gasteiger partial charge in [0.2, 0.25) is 0 Å². The summed E-state index contributed by atoms with van der Waals surface area (Å²) in [4.78, 5) is 4.86. The number of halogens is 1. The van der Waals surface area contributed by atoms with Crippen molar-refractivity contribution in [2.75, 3.05) is 5.06 Å². The molecule has 0 atom stereocenters. The van der Waals surface area contributed by atoms with Crippen molar-refractivity contribution >= 4 is 17.3 Å². The fourth-order valence-corrected chi connectivity index (χ4v) is 1.16. The number of benzene rings is 1. The summed E-state index contributed by atoms with van der Waals surface area (Å²) in [5.41, 5.74) is 6.10. The van der Waals surface area contributed by atoms with Crippen LogP contribution in [-0.2, 0) is 4.94 Å². The maximum absolute atomic E-state index is 9.03. The van der Waals surface area contributed by atoms with Crippen molar-refractivity contribution in [3.05, 3.63) is 41.3 Å². The van der Waals surface area contributed by atoms with E-state index >= 15 is 0 Å². The molecule has 2 rings (SSSR count). The van der Waals surface area contributed by atoms with Crippen LogP contribution in [0.25, 0.3) is 0 Å². The van der Waals surface area contributed by atoms with Crippen molar-refractivity contribution in [1.82, 2.24) is 5.23 Å². The molecule has 3 N–H and O–H groups in total. The average Bonchev–Trinajstić information content (AvgIpc) is 2.48. The quantitative estimate of drug-likeness (QED) is 0.740. The summed E-state index contributed by atoms with van der Waals surface area (Å²) in [7, 11) is 0. The van der Waals surface area contributed by atoms with E-state index in [9.17, 15) is 0 Å². The molecule has 0 amide bonds. The first kappa shape index (κ1) is 9.14. The van der Waals surface area contributed by atoms with Crippen LogP contribution in [0.15, 0.2) is 36.3 Å². The highest BCUT2D eigenvalue weighted by atomic mass is 35.5. The minimum Gasteiger partial charge on any atom is -0.380 e. The lowest BCUT2D eigenvalue weighted by Gasteiger charge is -2.14. The number of hydrogen-bond donors (Lipinski definition) is 2. The molecule has 0 unspecified atom stereocenters. The van der Waals surface area contributed by atoms with Gasteiger partial charge < -0.3 is 5.73 Å². The van der Waals surface area contributed by atoms with Crippen LogP contribution in [0.1, 0.15) is 0 Å². The van der Waals surface area contributed by atoms with E-state index in [1.165, 1.54) is 11.3 Å². The van der Waals surface area contributed by atoms with Gasteiger partial charge in [-0.3, -0.25) is 5.21 Å². The van der Waals surface area contributed by atoms with Gasteiger partial charge in [0.25, 0.3) is 0 Å². The summed E-state index contributed by atoms with van der Waals surface area (Å²) in [6.07, 6.45) is 1.45. The van der Waals surface area contributed by atoms with E-state index < -0.39 is 0 Å². The molecule has 0 saturated heterocycles. The zero-order valence-electron chi connectivity index (χ0n) is 7.09. The van der Waals surface area contributed by atoms with Crippen molar-refractivity contribution < 1.29 is 10.1 Å². The summed E-state index contributed by atoms with van der Waals surface area (Å²) in [6.45, 7) is 0. The van der Waals surface area contributed by atoms with E-state index in [1.54, 1.807) is 24.3 Å². The molecule has 14 heavy (non-hydrogen) atoms. The molecule has 0 aromatic heterocycles. The Balaban J connectivity index is 2.22. The third kappa shape index (κ3) is 1.60. The van der Waals surface area contributed by atoms with Crippen molar-refractivity contribution in [3.63, 3.8) is 0 Å². The fraction of sp³-hybridized carbons (Fsp3) is 0. The highest BCUT2D eigenvalue weighted by molar-refractivity contribution is 6.30. The van der Waals surface area contributed by atoms with E-state index in [4.69, 9.17) is 27.5 Å². The number of anilines is 1. The smallest absolute Gasteiger partial charge is 0.176 e. The van der Waals surface area contributed by atoms with Crippen molar-refractivity contribution in [3.8, 4) is 0 Å². The van der Waals surface area contributed by atoms with E-state index in [2.05, 4.69) is 0 Å². The van der Waals surface area contributed by atoms with E-state index in [-0.39, 0.29) is 5.82 Å². The van der Waals surface area contributed by atoms with E-state index in [1.807, 2.05) is 0 Å². The van der Waals surface area contributed by atoms with Gasteiger partial charge in [0.1, 0.15) is 0 Å². The lowest BCUT2D eigenvalue weighted by Crippen LogP contribution is -2.22. The first-order valence-electron chi connectivity index (χ1n) is 3.86. The van der Waals surface area contributed by atoms with Crippen LogP contribution in [0, 0.1) is 0 Å². The Hall–Kier alpha value is -1.43. The molecule has 0 saturated carbocycles. The minimum atomic E-state index is 0.111. The topological polar surface area (TPSA) is 62.0 Å². The van der Waals surface area contributed by atoms with Gasteiger partial charge in [-0.05, 0) is 24.3 Å². The second kappa shape index (κ2) is 3.38. The highest BCUT2D eigenvalue weighted by Gasteiger charge is 2.19. The minimum absolute atomic E-state index is 0.111. The molecule has 5 nitrogen and oxygen atoms in total. The first-order chi connectivity index (χ1) is 6.66. The molecule has 1 aliphatic heterocycles. The number of nitrogens with two attached hydrogens (primary N) is 1. The largest absolute Gasteiger partial charge is 0.380 e. The van der Waals surface area contributed by atoms with Crippen LogP contribution >= 0.6 is 11.6 Å². The lowest BCUT2D eigenvalue weighted by atomic mass is 10.3. The van der Waals surface area contributed by atoms with E-state index in [0.29, 0.717) is 15.9 Å². The Kier molecular flexibility index (Phi) is 2.20. The molecule has 6 heteroatoms. The van der Waals surface area contributed by atoms with Crippen molar-refractivity contribution in [2.45, 2.75) is 0 Å². The normalized spacial score (nSPS) is 16.0. The molecule has 1 aromatic carbocycles. The highest BCUT2D eigenvalue weighted by Crippen LogP contribution is 2.22. The van der Waals surface area contributed by atoms with Crippen LogP contribution in [0.3, 0.4) is 0 Å². The molecule has 0 spiro atoms. The molecular formula is C8H8ClN3O2. The third-order valence-corrected chi connectivity index (χ3v) is 1.97. The zero-order valence-corrected chi connectivity index (χ0v) is 7.85. The summed E-state index contributed by atoms with van der Waals surface area (Å²) in [6, 6.07) is 6.91. The predicted octanol–water partition coefficient (Wildman–Crippen LogP) is 1.46. The maximum atomic E-state index is 9.03. The van der Waals surface area contributed by atoms with Crippen LogP contribution < -0.4 is 10.8 Å². The Labute approximate surface area is 85.4 Å². The fourth-order valence-electron chi connectivity index (χ4n) is 1.03. The zero-order chi connectivity index (χ0) is 10.1. The van der Waals surface area contributed by atoms with Gasteiger partial charge in [-0.15, -0.1) is 4.94 Å². The van der Waals surface area contributed by atoms with Gasteiger partial charge in [-0.1, -0.05) is 16.8 Å². The molecule has 1 aliphatic rings. The van der Waals surface area contributed by atoms with Gasteiger partial charge in [0, 0.05) is 5.02 Å². The molecule has 1 heterocycles. The standard InChI is InChI=1S/C8H8ClN3O2/c9-6-1-3-7(4-2-6)11-5-8(10)12(13)14-11/h1-5,13H,10H2. The Morgan fingerprint density at radius 2 is 1.93 bits per heavy atom. The van der Waals surface area contributed by atoms with Gasteiger partial charge in [0.05, 0.1) is 11.9 Å². The number of rotatable bonds is 1. The summed E-state index contributed by atoms with van der Waals surface area (Å²) >= 11 is 5.72. The molecule has 0 fully saturated rings. The molecule has 1 aromatic rings. The molecule has 74 valence electrons. The molecule has 0 bridgehead atoms. The first-order valence-corrected chi connectivity index (χ1v) is 4.24. The molecule has 0 radical (unpaired) electrons. The van der Waals surface area contributed by atoms with Gasteiger partial charge in [0.15, 0.2) is 5.82 Å². The van der Waals surface area contributed by atoms with Crippen molar-refractivity contribution in [1.29, 1.82) is 0 Å². The SMILES string of the molecule is NC1=CN(c2ccc(Cl)cc2)ON1O. The van der Waals surface area contributed by atoms with Crippen LogP contribution in [0.5, 0.6) is 0 Å². The lowest BCUT2D eigenvalue weighted by molar-refractivity contribution is -0.304. The van der Waals surface area contributed by atoms with Gasteiger partial charge in [-0.2, -0.15) is 5.06 Å². The van der Waals surface area contributed by atoms with Crippen LogP contribution in [0.2, 0.25) is 5.02 Å². The second-order valence-electron chi connectivity index (χ2n) is 2.71. The Morgan fingerprint density at radius 3 is 2.43 bits per heavy atom. The third-order valence-electron chi connectivity index (χ3n) is 1.72. The Morgan fingerprint density at radius 1 is 1.29 bits per heavy atom. The van der Waals surface area contributed by atoms with Gasteiger partial charge >= 0.3 is 0 Å². The average molecular weight is 214 g/mol. The number of nitrogens with zero attached hydrogens (tertiary/aromatic N) is 2. The summed E-state index contributed by atoms with van der Waals surface area (Å²) < 4.78 is 0. The number of hydrogen-bond acceptors (Lipinski definition) is 5. The van der Waals surface area contributed by atoms with E-state index in [0.717, 1.165) is 0 Å². The monoisotopic (exact) mass is 213 g/mol. The number of hydroxylamine groups is 3. The van der Waals surface area contributed by atoms with Crippen molar-refractivity contribution in [2.24, 2.45) is 5.73 Å². The molecule has 0 aliphatic carbocycles. The van der Waals surface area contributed by atoms with Gasteiger partial charge in [-0.25, -0.2) is 0 Å². The Bertz CT molecular complexity index is 365. The molecular weight excluding hydrogens is 206 g/mol.